The standard InChI is InChI=1S/C20H24N4O2.ClH/c21-16-8-6-15(7-9-16)20(26)23-18-10-12-24(13-11-18)14-19(25)22-17-4-2-1-3-5-17;/h1-9,18H,10-14,21H2,(H,22,25)(H,23,26);1H. The lowest BCUT2D eigenvalue weighted by atomic mass is 10.0. The molecule has 27 heavy (non-hydrogen) atoms. The number of carbonyl (C=O) groups is 2. The van der Waals surface area contributed by atoms with Crippen LogP contribution in [0.2, 0.25) is 0 Å². The quantitative estimate of drug-likeness (QED) is 0.687. The van der Waals surface area contributed by atoms with E-state index in [0.29, 0.717) is 17.8 Å². The van der Waals surface area contributed by atoms with Gasteiger partial charge in [-0.15, -0.1) is 12.4 Å². The average Bonchev–Trinajstić information content (AvgIpc) is 2.64. The predicted molar refractivity (Wildman–Crippen MR) is 110 cm³/mol. The topological polar surface area (TPSA) is 87.5 Å². The number of nitrogen functional groups attached to an aromatic ring is 1. The van der Waals surface area contributed by atoms with E-state index in [1.807, 2.05) is 30.3 Å². The predicted octanol–water partition coefficient (Wildman–Crippen LogP) is 2.52. The van der Waals surface area contributed by atoms with Crippen LogP contribution in [0, 0.1) is 0 Å². The van der Waals surface area contributed by atoms with Crippen molar-refractivity contribution in [2.24, 2.45) is 0 Å². The second kappa shape index (κ2) is 9.94. The molecular weight excluding hydrogens is 364 g/mol. The molecule has 0 radical (unpaired) electrons. The average molecular weight is 389 g/mol. The van der Waals surface area contributed by atoms with Crippen molar-refractivity contribution in [3.05, 3.63) is 60.2 Å². The van der Waals surface area contributed by atoms with Crippen LogP contribution in [0.3, 0.4) is 0 Å². The van der Waals surface area contributed by atoms with E-state index in [2.05, 4.69) is 15.5 Å². The van der Waals surface area contributed by atoms with Gasteiger partial charge < -0.3 is 16.4 Å². The van der Waals surface area contributed by atoms with Gasteiger partial charge in [0.2, 0.25) is 5.91 Å². The normalized spacial score (nSPS) is 14.8. The van der Waals surface area contributed by atoms with Crippen LogP contribution in [0.15, 0.2) is 54.6 Å². The van der Waals surface area contributed by atoms with E-state index in [0.717, 1.165) is 31.6 Å². The number of likely N-dealkylation sites (tertiary alicyclic amines) is 1. The molecule has 0 unspecified atom stereocenters. The van der Waals surface area contributed by atoms with Crippen LogP contribution in [0.4, 0.5) is 11.4 Å². The number of carbonyl (C=O) groups excluding carboxylic acids is 2. The lowest BCUT2D eigenvalue weighted by Crippen LogP contribution is -2.46. The molecule has 144 valence electrons. The van der Waals surface area contributed by atoms with Crippen molar-refractivity contribution in [1.29, 1.82) is 0 Å². The van der Waals surface area contributed by atoms with E-state index in [4.69, 9.17) is 5.73 Å². The molecule has 0 spiro atoms. The minimum Gasteiger partial charge on any atom is -0.399 e. The Labute approximate surface area is 165 Å². The van der Waals surface area contributed by atoms with Gasteiger partial charge in [-0.1, -0.05) is 18.2 Å². The van der Waals surface area contributed by atoms with Gasteiger partial charge in [0.1, 0.15) is 0 Å². The molecule has 1 fully saturated rings. The molecule has 2 aromatic carbocycles. The third-order valence-corrected chi connectivity index (χ3v) is 4.52. The molecule has 4 N–H and O–H groups in total. The van der Waals surface area contributed by atoms with Crippen molar-refractivity contribution in [1.82, 2.24) is 10.2 Å². The summed E-state index contributed by atoms with van der Waals surface area (Å²) in [6.45, 7) is 1.94. The van der Waals surface area contributed by atoms with E-state index < -0.39 is 0 Å². The molecule has 7 heteroatoms. The Bertz CT molecular complexity index is 744. The number of amides is 2. The Kier molecular flexibility index (Phi) is 7.64. The lowest BCUT2D eigenvalue weighted by Gasteiger charge is -2.31. The molecule has 6 nitrogen and oxygen atoms in total. The highest BCUT2D eigenvalue weighted by Crippen LogP contribution is 2.13. The van der Waals surface area contributed by atoms with E-state index in [1.165, 1.54) is 0 Å². The summed E-state index contributed by atoms with van der Waals surface area (Å²) >= 11 is 0. The first-order chi connectivity index (χ1) is 12.6. The minimum absolute atomic E-state index is 0. The fraction of sp³-hybridized carbons (Fsp3) is 0.300. The van der Waals surface area contributed by atoms with E-state index in [9.17, 15) is 9.59 Å². The summed E-state index contributed by atoms with van der Waals surface area (Å²) in [5.41, 5.74) is 7.71. The van der Waals surface area contributed by atoms with Crippen LogP contribution in [-0.4, -0.2) is 42.4 Å². The van der Waals surface area contributed by atoms with Crippen molar-refractivity contribution in [2.45, 2.75) is 18.9 Å². The van der Waals surface area contributed by atoms with Gasteiger partial charge in [-0.3, -0.25) is 14.5 Å². The van der Waals surface area contributed by atoms with Crippen LogP contribution in [0.1, 0.15) is 23.2 Å². The van der Waals surface area contributed by atoms with Crippen molar-refractivity contribution < 1.29 is 9.59 Å². The summed E-state index contributed by atoms with van der Waals surface area (Å²) in [5, 5.41) is 5.96. The number of piperidine rings is 1. The largest absolute Gasteiger partial charge is 0.399 e. The maximum Gasteiger partial charge on any atom is 0.251 e. The van der Waals surface area contributed by atoms with Crippen molar-refractivity contribution in [3.8, 4) is 0 Å². The number of nitrogens with two attached hydrogens (primary N) is 1. The van der Waals surface area contributed by atoms with Gasteiger partial charge in [0.05, 0.1) is 6.54 Å². The van der Waals surface area contributed by atoms with Gasteiger partial charge in [-0.25, -0.2) is 0 Å². The van der Waals surface area contributed by atoms with Crippen LogP contribution >= 0.6 is 12.4 Å². The molecule has 1 heterocycles. The van der Waals surface area contributed by atoms with Crippen molar-refractivity contribution in [2.75, 3.05) is 30.7 Å². The van der Waals surface area contributed by atoms with E-state index in [1.54, 1.807) is 24.3 Å². The minimum atomic E-state index is -0.0785. The zero-order valence-electron chi connectivity index (χ0n) is 15.1. The van der Waals surface area contributed by atoms with Crippen LogP contribution < -0.4 is 16.4 Å². The second-order valence-electron chi connectivity index (χ2n) is 6.56. The first-order valence-electron chi connectivity index (χ1n) is 8.84. The number of anilines is 2. The Morgan fingerprint density at radius 1 is 1.00 bits per heavy atom. The zero-order chi connectivity index (χ0) is 18.4. The SMILES string of the molecule is Cl.Nc1ccc(C(=O)NC2CCN(CC(=O)Nc3ccccc3)CC2)cc1. The van der Waals surface area contributed by atoms with Gasteiger partial charge in [-0.05, 0) is 49.2 Å². The number of para-hydroxylation sites is 1. The molecule has 0 bridgehead atoms. The Morgan fingerprint density at radius 3 is 2.26 bits per heavy atom. The molecule has 0 atom stereocenters. The number of rotatable bonds is 5. The monoisotopic (exact) mass is 388 g/mol. The van der Waals surface area contributed by atoms with Gasteiger partial charge in [0.25, 0.3) is 5.91 Å². The number of benzene rings is 2. The Balaban J connectivity index is 0.00000261. The van der Waals surface area contributed by atoms with Gasteiger partial charge in [0.15, 0.2) is 0 Å². The first-order valence-corrected chi connectivity index (χ1v) is 8.84. The molecule has 3 rings (SSSR count). The van der Waals surface area contributed by atoms with E-state index in [-0.39, 0.29) is 30.3 Å². The highest BCUT2D eigenvalue weighted by Gasteiger charge is 2.22. The molecule has 2 aromatic rings. The molecule has 1 saturated heterocycles. The first kappa shape index (κ1) is 20.7. The summed E-state index contributed by atoms with van der Waals surface area (Å²) in [7, 11) is 0. The van der Waals surface area contributed by atoms with Gasteiger partial charge >= 0.3 is 0 Å². The highest BCUT2D eigenvalue weighted by atomic mass is 35.5. The summed E-state index contributed by atoms with van der Waals surface area (Å²) in [6, 6.07) is 16.5. The van der Waals surface area contributed by atoms with Gasteiger partial charge in [-0.2, -0.15) is 0 Å². The fourth-order valence-electron chi connectivity index (χ4n) is 3.06. The Morgan fingerprint density at radius 2 is 1.63 bits per heavy atom. The highest BCUT2D eigenvalue weighted by molar-refractivity contribution is 5.94. The summed E-state index contributed by atoms with van der Waals surface area (Å²) < 4.78 is 0. The summed E-state index contributed by atoms with van der Waals surface area (Å²) in [6.07, 6.45) is 1.67. The maximum atomic E-state index is 12.3. The zero-order valence-corrected chi connectivity index (χ0v) is 15.9. The van der Waals surface area contributed by atoms with Crippen molar-refractivity contribution in [3.63, 3.8) is 0 Å². The van der Waals surface area contributed by atoms with Crippen LogP contribution in [0.25, 0.3) is 0 Å². The number of nitrogens with zero attached hydrogens (tertiary/aromatic N) is 1. The van der Waals surface area contributed by atoms with Crippen LogP contribution in [0.5, 0.6) is 0 Å². The molecule has 0 saturated carbocycles. The fourth-order valence-corrected chi connectivity index (χ4v) is 3.06. The van der Waals surface area contributed by atoms with Gasteiger partial charge in [0, 0.05) is 36.1 Å². The molecule has 0 aromatic heterocycles. The molecule has 2 amide bonds. The number of halogens is 1. The molecule has 0 aliphatic carbocycles. The van der Waals surface area contributed by atoms with E-state index >= 15 is 0 Å². The van der Waals surface area contributed by atoms with Crippen molar-refractivity contribution >= 4 is 35.6 Å². The molecule has 1 aliphatic rings. The summed E-state index contributed by atoms with van der Waals surface area (Å²) in [5.74, 6) is -0.0918. The third-order valence-electron chi connectivity index (χ3n) is 4.52. The van der Waals surface area contributed by atoms with Crippen LogP contribution in [-0.2, 0) is 4.79 Å². The second-order valence-corrected chi connectivity index (χ2v) is 6.56. The smallest absolute Gasteiger partial charge is 0.251 e. The molecule has 1 aliphatic heterocycles. The number of nitrogens with one attached hydrogen (secondary N) is 2. The Hall–Kier alpha value is -2.57. The maximum absolute atomic E-state index is 12.3. The summed E-state index contributed by atoms with van der Waals surface area (Å²) in [4.78, 5) is 26.5. The number of hydrogen-bond donors (Lipinski definition) is 3. The molecular formula is C20H25ClN4O2. The third kappa shape index (κ3) is 6.27. The number of hydrogen-bond acceptors (Lipinski definition) is 4. The lowest BCUT2D eigenvalue weighted by molar-refractivity contribution is -0.117.